The van der Waals surface area contributed by atoms with Crippen molar-refractivity contribution in [2.75, 3.05) is 18.4 Å². The number of hydrogen-bond acceptors (Lipinski definition) is 3. The second-order valence-corrected chi connectivity index (χ2v) is 7.40. The van der Waals surface area contributed by atoms with Gasteiger partial charge in [-0.25, -0.2) is 9.48 Å². The Bertz CT molecular complexity index is 725. The van der Waals surface area contributed by atoms with E-state index < -0.39 is 0 Å². The molecule has 7 nitrogen and oxygen atoms in total. The summed E-state index contributed by atoms with van der Waals surface area (Å²) in [6.07, 6.45) is 8.08. The number of nitrogens with one attached hydrogen (secondary N) is 2. The van der Waals surface area contributed by atoms with E-state index >= 15 is 0 Å². The van der Waals surface area contributed by atoms with Gasteiger partial charge < -0.3 is 4.90 Å². The predicted octanol–water partition coefficient (Wildman–Crippen LogP) is 3.30. The molecule has 25 heavy (non-hydrogen) atoms. The molecule has 134 valence electrons. The van der Waals surface area contributed by atoms with E-state index in [1.54, 1.807) is 6.20 Å². The molecule has 1 aliphatic carbocycles. The first-order valence-electron chi connectivity index (χ1n) is 9.23. The number of aromatic amines is 1. The van der Waals surface area contributed by atoms with Gasteiger partial charge in [0.05, 0.1) is 12.2 Å². The van der Waals surface area contributed by atoms with E-state index in [0.717, 1.165) is 37.3 Å². The minimum atomic E-state index is -0.0177. The number of aryl methyl sites for hydroxylation is 1. The normalized spacial score (nSPS) is 19.8. The number of rotatable bonds is 4. The van der Waals surface area contributed by atoms with Crippen LogP contribution in [-0.2, 0) is 0 Å². The Balaban J connectivity index is 1.39. The SMILES string of the molecule is Cc1cnn([C@@H](C)C2CC2)c1NC(=O)N1CCC(c2ccn[nH]2)CC1. The minimum absolute atomic E-state index is 0.0177. The van der Waals surface area contributed by atoms with Crippen molar-refractivity contribution >= 4 is 11.8 Å². The monoisotopic (exact) mass is 342 g/mol. The third-order valence-electron chi connectivity index (χ3n) is 5.64. The van der Waals surface area contributed by atoms with Crippen LogP contribution in [-0.4, -0.2) is 44.0 Å². The van der Waals surface area contributed by atoms with Crippen LogP contribution in [0, 0.1) is 12.8 Å². The molecule has 1 saturated carbocycles. The van der Waals surface area contributed by atoms with Crippen molar-refractivity contribution in [1.82, 2.24) is 24.9 Å². The van der Waals surface area contributed by atoms with Gasteiger partial charge in [0.2, 0.25) is 0 Å². The number of anilines is 1. The van der Waals surface area contributed by atoms with Gasteiger partial charge >= 0.3 is 6.03 Å². The topological polar surface area (TPSA) is 78.8 Å². The largest absolute Gasteiger partial charge is 0.324 e. The summed E-state index contributed by atoms with van der Waals surface area (Å²) in [5.41, 5.74) is 2.19. The van der Waals surface area contributed by atoms with E-state index in [1.165, 1.54) is 18.5 Å². The van der Waals surface area contributed by atoms with E-state index in [1.807, 2.05) is 28.8 Å². The standard InChI is InChI=1S/C18H26N6O/c1-12-11-20-24(13(2)14-3-4-14)17(12)21-18(25)23-9-6-15(7-10-23)16-5-8-19-22-16/h5,8,11,13-15H,3-4,6-7,9-10H2,1-2H3,(H,19,22)(H,21,25)/t13-/m0/s1. The molecule has 4 rings (SSSR count). The Hall–Kier alpha value is -2.31. The van der Waals surface area contributed by atoms with Crippen LogP contribution in [0.1, 0.15) is 55.8 Å². The molecule has 1 aliphatic heterocycles. The molecule has 2 aromatic rings. The van der Waals surface area contributed by atoms with Crippen molar-refractivity contribution in [3.63, 3.8) is 0 Å². The van der Waals surface area contributed by atoms with Crippen LogP contribution in [0.2, 0.25) is 0 Å². The van der Waals surface area contributed by atoms with E-state index in [-0.39, 0.29) is 6.03 Å². The predicted molar refractivity (Wildman–Crippen MR) is 95.6 cm³/mol. The molecule has 1 saturated heterocycles. The molecule has 2 amide bonds. The van der Waals surface area contributed by atoms with Crippen molar-refractivity contribution in [2.45, 2.75) is 51.5 Å². The molecule has 0 aromatic carbocycles. The van der Waals surface area contributed by atoms with Crippen molar-refractivity contribution in [3.05, 3.63) is 29.7 Å². The molecule has 2 N–H and O–H groups in total. The van der Waals surface area contributed by atoms with Crippen LogP contribution < -0.4 is 5.32 Å². The number of likely N-dealkylation sites (tertiary alicyclic amines) is 1. The second-order valence-electron chi connectivity index (χ2n) is 7.40. The fraction of sp³-hybridized carbons (Fsp3) is 0.611. The number of carbonyl (C=O) groups excluding carboxylic acids is 1. The number of nitrogens with zero attached hydrogens (tertiary/aromatic N) is 4. The Labute approximate surface area is 147 Å². The molecule has 2 fully saturated rings. The molecule has 0 spiro atoms. The highest BCUT2D eigenvalue weighted by Crippen LogP contribution is 2.40. The van der Waals surface area contributed by atoms with Gasteiger partial charge in [0.1, 0.15) is 5.82 Å². The third kappa shape index (κ3) is 3.27. The number of piperidine rings is 1. The maximum atomic E-state index is 12.7. The summed E-state index contributed by atoms with van der Waals surface area (Å²) >= 11 is 0. The number of H-pyrrole nitrogens is 1. The zero-order chi connectivity index (χ0) is 17.4. The van der Waals surface area contributed by atoms with Crippen molar-refractivity contribution in [1.29, 1.82) is 0 Å². The van der Waals surface area contributed by atoms with Gasteiger partial charge in [-0.3, -0.25) is 10.4 Å². The first kappa shape index (κ1) is 16.2. The first-order chi connectivity index (χ1) is 12.1. The second kappa shape index (κ2) is 6.54. The fourth-order valence-corrected chi connectivity index (χ4v) is 3.76. The smallest absolute Gasteiger partial charge is 0.323 e. The van der Waals surface area contributed by atoms with E-state index in [2.05, 4.69) is 27.5 Å². The quantitative estimate of drug-likeness (QED) is 0.895. The molecule has 3 heterocycles. The van der Waals surface area contributed by atoms with Gasteiger partial charge in [-0.05, 0) is 51.5 Å². The van der Waals surface area contributed by atoms with E-state index in [4.69, 9.17) is 0 Å². The molecule has 0 unspecified atom stereocenters. The first-order valence-corrected chi connectivity index (χ1v) is 9.23. The van der Waals surface area contributed by atoms with Crippen LogP contribution in [0.25, 0.3) is 0 Å². The zero-order valence-corrected chi connectivity index (χ0v) is 14.9. The van der Waals surface area contributed by atoms with Crippen molar-refractivity contribution in [3.8, 4) is 0 Å². The van der Waals surface area contributed by atoms with Crippen LogP contribution in [0.3, 0.4) is 0 Å². The summed E-state index contributed by atoms with van der Waals surface area (Å²) in [5, 5.41) is 14.7. The summed E-state index contributed by atoms with van der Waals surface area (Å²) in [6.45, 7) is 5.72. The highest BCUT2D eigenvalue weighted by Gasteiger charge is 2.32. The summed E-state index contributed by atoms with van der Waals surface area (Å²) in [6, 6.07) is 2.35. The number of hydrogen-bond donors (Lipinski definition) is 2. The third-order valence-corrected chi connectivity index (χ3v) is 5.64. The molecular weight excluding hydrogens is 316 g/mol. The average molecular weight is 342 g/mol. The lowest BCUT2D eigenvalue weighted by molar-refractivity contribution is 0.193. The lowest BCUT2D eigenvalue weighted by atomic mass is 9.94. The van der Waals surface area contributed by atoms with Crippen molar-refractivity contribution < 1.29 is 4.79 Å². The Morgan fingerprint density at radius 2 is 2.08 bits per heavy atom. The maximum absolute atomic E-state index is 12.7. The van der Waals surface area contributed by atoms with Crippen LogP contribution in [0.15, 0.2) is 18.5 Å². The number of aromatic nitrogens is 4. The Morgan fingerprint density at radius 1 is 1.32 bits per heavy atom. The number of urea groups is 1. The average Bonchev–Trinajstić information content (AvgIpc) is 3.22. The number of carbonyl (C=O) groups is 1. The Kier molecular flexibility index (Phi) is 4.23. The summed E-state index contributed by atoms with van der Waals surface area (Å²) < 4.78 is 1.99. The minimum Gasteiger partial charge on any atom is -0.324 e. The van der Waals surface area contributed by atoms with Crippen LogP contribution in [0.4, 0.5) is 10.6 Å². The number of amides is 2. The van der Waals surface area contributed by atoms with Gasteiger partial charge in [-0.15, -0.1) is 0 Å². The van der Waals surface area contributed by atoms with Gasteiger partial charge in [0.15, 0.2) is 0 Å². The lowest BCUT2D eigenvalue weighted by Crippen LogP contribution is -2.41. The molecular formula is C18H26N6O. The summed E-state index contributed by atoms with van der Waals surface area (Å²) in [4.78, 5) is 14.6. The Morgan fingerprint density at radius 3 is 2.72 bits per heavy atom. The van der Waals surface area contributed by atoms with Gasteiger partial charge in [0.25, 0.3) is 0 Å². The molecule has 0 radical (unpaired) electrons. The molecule has 0 bridgehead atoms. The molecule has 7 heteroatoms. The molecule has 2 aliphatic rings. The van der Waals surface area contributed by atoms with Gasteiger partial charge in [-0.1, -0.05) is 0 Å². The highest BCUT2D eigenvalue weighted by molar-refractivity contribution is 5.89. The molecule has 2 aromatic heterocycles. The summed E-state index contributed by atoms with van der Waals surface area (Å²) in [5.74, 6) is 2.01. The molecule has 1 atom stereocenters. The zero-order valence-electron chi connectivity index (χ0n) is 14.9. The summed E-state index contributed by atoms with van der Waals surface area (Å²) in [7, 11) is 0. The van der Waals surface area contributed by atoms with E-state index in [9.17, 15) is 4.79 Å². The van der Waals surface area contributed by atoms with Gasteiger partial charge in [0, 0.05) is 36.5 Å². The van der Waals surface area contributed by atoms with E-state index in [0.29, 0.717) is 17.9 Å². The maximum Gasteiger partial charge on any atom is 0.323 e. The van der Waals surface area contributed by atoms with Crippen LogP contribution in [0.5, 0.6) is 0 Å². The lowest BCUT2D eigenvalue weighted by Gasteiger charge is -2.31. The van der Waals surface area contributed by atoms with Crippen LogP contribution >= 0.6 is 0 Å². The van der Waals surface area contributed by atoms with Gasteiger partial charge in [-0.2, -0.15) is 10.2 Å². The highest BCUT2D eigenvalue weighted by atomic mass is 16.2. The van der Waals surface area contributed by atoms with Crippen molar-refractivity contribution in [2.24, 2.45) is 5.92 Å². The fourth-order valence-electron chi connectivity index (χ4n) is 3.76.